The van der Waals surface area contributed by atoms with Gasteiger partial charge in [-0.2, -0.15) is 5.26 Å². The third-order valence-electron chi connectivity index (χ3n) is 11.8. The van der Waals surface area contributed by atoms with Gasteiger partial charge in [-0.1, -0.05) is 11.6 Å². The number of benzene rings is 2. The van der Waals surface area contributed by atoms with Crippen molar-refractivity contribution >= 4 is 64.3 Å². The van der Waals surface area contributed by atoms with Crippen LogP contribution in [0.5, 0.6) is 5.75 Å². The summed E-state index contributed by atoms with van der Waals surface area (Å²) in [4.78, 5) is 43.5. The maximum atomic E-state index is 14.9. The number of ether oxygens (including phenoxy) is 1. The summed E-state index contributed by atoms with van der Waals surface area (Å²) in [7, 11) is 0. The Hall–Kier alpha value is -4.97. The average molecular weight is 819 g/mol. The first kappa shape index (κ1) is 40.2. The molecule has 0 unspecified atom stereocenters. The van der Waals surface area contributed by atoms with Crippen LogP contribution in [0.3, 0.4) is 0 Å². The molecule has 0 atom stereocenters. The maximum Gasteiger partial charge on any atom is 0.328 e. The highest BCUT2D eigenvalue weighted by molar-refractivity contribution is 6.31. The first-order valence-electron chi connectivity index (χ1n) is 19.6. The molecular weight excluding hydrogens is 772 g/mol. The van der Waals surface area contributed by atoms with Gasteiger partial charge in [-0.15, -0.1) is 22.6 Å². The number of urea groups is 1. The molecule has 4 aromatic rings. The number of anilines is 2. The van der Waals surface area contributed by atoms with Crippen LogP contribution < -0.4 is 25.2 Å². The Labute approximate surface area is 341 Å². The van der Waals surface area contributed by atoms with Crippen LogP contribution in [0.25, 0.3) is 10.9 Å². The van der Waals surface area contributed by atoms with E-state index in [1.165, 1.54) is 11.0 Å². The largest absolute Gasteiger partial charge is 0.490 e. The number of halogens is 3. The summed E-state index contributed by atoms with van der Waals surface area (Å²) in [5.41, 5.74) is 1.99. The van der Waals surface area contributed by atoms with E-state index in [0.29, 0.717) is 33.6 Å². The fourth-order valence-corrected chi connectivity index (χ4v) is 8.90. The summed E-state index contributed by atoms with van der Waals surface area (Å²) >= 11 is 6.15. The number of imide groups is 1. The second kappa shape index (κ2) is 17.7. The Balaban J connectivity index is 0.00000496. The summed E-state index contributed by atoms with van der Waals surface area (Å²) in [6, 6.07) is 15.4. The highest BCUT2D eigenvalue weighted by atomic mass is 35.5. The zero-order valence-electron chi connectivity index (χ0n) is 31.5. The highest BCUT2D eigenvalue weighted by Crippen LogP contribution is 2.35. The Kier molecular flexibility index (Phi) is 12.5. The van der Waals surface area contributed by atoms with Crippen molar-refractivity contribution in [3.05, 3.63) is 76.8 Å². The van der Waals surface area contributed by atoms with Crippen LogP contribution in [0, 0.1) is 23.1 Å². The van der Waals surface area contributed by atoms with E-state index < -0.39 is 11.8 Å². The monoisotopic (exact) mass is 817 g/mol. The normalized spacial score (nSPS) is 21.1. The quantitative estimate of drug-likeness (QED) is 0.190. The van der Waals surface area contributed by atoms with Gasteiger partial charge in [-0.05, 0) is 99.7 Å². The Morgan fingerprint density at radius 3 is 2.40 bits per heavy atom. The molecule has 0 spiro atoms. The topological polar surface area (TPSA) is 149 Å². The van der Waals surface area contributed by atoms with Crippen LogP contribution in [-0.2, 0) is 4.79 Å². The number of hydrogen-bond donors (Lipinski definition) is 2. The molecule has 5 heterocycles. The molecule has 2 N–H and O–H groups in total. The number of nitrogens with one attached hydrogen (secondary N) is 2. The van der Waals surface area contributed by atoms with Crippen molar-refractivity contribution in [2.24, 2.45) is 5.92 Å². The lowest BCUT2D eigenvalue weighted by atomic mass is 9.92. The maximum absolute atomic E-state index is 14.9. The van der Waals surface area contributed by atoms with E-state index in [2.05, 4.69) is 41.3 Å². The van der Waals surface area contributed by atoms with E-state index >= 15 is 0 Å². The lowest BCUT2D eigenvalue weighted by Gasteiger charge is -2.38. The van der Waals surface area contributed by atoms with Gasteiger partial charge in [0.25, 0.3) is 5.91 Å². The van der Waals surface area contributed by atoms with E-state index in [1.54, 1.807) is 30.3 Å². The van der Waals surface area contributed by atoms with Crippen LogP contribution >= 0.6 is 24.0 Å². The predicted molar refractivity (Wildman–Crippen MR) is 217 cm³/mol. The summed E-state index contributed by atoms with van der Waals surface area (Å²) in [6.07, 6.45) is 9.38. The number of rotatable bonds is 9. The Morgan fingerprint density at radius 2 is 1.72 bits per heavy atom. The molecule has 3 saturated heterocycles. The third kappa shape index (κ3) is 9.11. The minimum absolute atomic E-state index is 0. The van der Waals surface area contributed by atoms with Gasteiger partial charge in [0.05, 0.1) is 27.9 Å². The zero-order valence-corrected chi connectivity index (χ0v) is 33.1. The molecular formula is C41H46Cl2FN9O4. The summed E-state index contributed by atoms with van der Waals surface area (Å²) < 4.78 is 23.1. The van der Waals surface area contributed by atoms with Crippen LogP contribution in [0.2, 0.25) is 5.02 Å². The molecule has 2 aromatic heterocycles. The molecule has 1 saturated carbocycles. The average Bonchev–Trinajstić information content (AvgIpc) is 3.63. The molecule has 4 aliphatic rings. The first-order chi connectivity index (χ1) is 27.2. The molecule has 0 bridgehead atoms. The van der Waals surface area contributed by atoms with E-state index in [0.717, 1.165) is 101 Å². The van der Waals surface area contributed by atoms with Crippen molar-refractivity contribution in [1.82, 2.24) is 30.3 Å². The molecule has 3 aliphatic heterocycles. The van der Waals surface area contributed by atoms with Gasteiger partial charge in [0.1, 0.15) is 17.6 Å². The summed E-state index contributed by atoms with van der Waals surface area (Å²) in [6.45, 7) is 4.95. The number of carbonyl (C=O) groups is 3. The third-order valence-corrected chi connectivity index (χ3v) is 12.1. The van der Waals surface area contributed by atoms with E-state index in [-0.39, 0.29) is 55.4 Å². The second-order valence-corrected chi connectivity index (χ2v) is 15.8. The molecule has 4 fully saturated rings. The number of amides is 4. The first-order valence-corrected chi connectivity index (χ1v) is 20.0. The van der Waals surface area contributed by atoms with Crippen molar-refractivity contribution in [1.29, 1.82) is 5.26 Å². The minimum Gasteiger partial charge on any atom is -0.490 e. The van der Waals surface area contributed by atoms with Gasteiger partial charge < -0.3 is 24.4 Å². The van der Waals surface area contributed by atoms with Crippen molar-refractivity contribution < 1.29 is 23.5 Å². The van der Waals surface area contributed by atoms with Crippen molar-refractivity contribution in [3.63, 3.8) is 0 Å². The number of nitrogens with zero attached hydrogens (tertiary/aromatic N) is 7. The van der Waals surface area contributed by atoms with E-state index in [4.69, 9.17) is 21.6 Å². The molecule has 2 aromatic carbocycles. The number of fused-ring (bicyclic) bond motifs is 1. The fourth-order valence-electron chi connectivity index (χ4n) is 8.69. The summed E-state index contributed by atoms with van der Waals surface area (Å²) in [5.74, 6) is 1.07. The summed E-state index contributed by atoms with van der Waals surface area (Å²) in [5, 5.41) is 24.4. The van der Waals surface area contributed by atoms with Gasteiger partial charge in [0.2, 0.25) is 5.91 Å². The molecule has 1 aliphatic carbocycles. The zero-order chi connectivity index (χ0) is 38.8. The number of nitriles is 1. The van der Waals surface area contributed by atoms with Crippen LogP contribution in [-0.4, -0.2) is 88.9 Å². The standard InChI is InChI=1S/C41H45ClFN9O4.ClH/c42-34-23-32(4-1-27(34)24-44)56-31-5-2-29(3-6-31)45-40(54)35-7-8-38(48-47-35)50-17-9-26(10-18-50)25-49-15-11-30(12-16-49)51-19-13-33-36(51)21-28(43)22-37(33)52-20-14-39(53)46-41(52)55;/h1,4,7-8,13,19,21-23,26,29-31H,2-3,5-6,9-12,14-18,20,25H2,(H,45,54)(H,46,53,55);1H. The number of likely N-dealkylation sites (tertiary alicyclic amines) is 1. The lowest BCUT2D eigenvalue weighted by molar-refractivity contribution is -0.120. The molecule has 300 valence electrons. The number of hydrogen-bond acceptors (Lipinski definition) is 9. The van der Waals surface area contributed by atoms with E-state index in [9.17, 15) is 18.8 Å². The second-order valence-electron chi connectivity index (χ2n) is 15.4. The predicted octanol–water partition coefficient (Wildman–Crippen LogP) is 6.64. The van der Waals surface area contributed by atoms with Gasteiger partial charge in [-0.25, -0.2) is 9.18 Å². The van der Waals surface area contributed by atoms with Gasteiger partial charge in [-0.3, -0.25) is 19.8 Å². The van der Waals surface area contributed by atoms with Crippen LogP contribution in [0.15, 0.2) is 54.7 Å². The van der Waals surface area contributed by atoms with Crippen molar-refractivity contribution in [2.45, 2.75) is 76.0 Å². The number of aromatic nitrogens is 3. The van der Waals surface area contributed by atoms with Crippen LogP contribution in [0.1, 0.15) is 79.9 Å². The Morgan fingerprint density at radius 1 is 0.947 bits per heavy atom. The van der Waals surface area contributed by atoms with Gasteiger partial charge in [0, 0.05) is 75.4 Å². The highest BCUT2D eigenvalue weighted by Gasteiger charge is 2.30. The fraction of sp³-hybridized carbons (Fsp3) is 0.463. The van der Waals surface area contributed by atoms with E-state index in [1.807, 2.05) is 18.3 Å². The van der Waals surface area contributed by atoms with Crippen molar-refractivity contribution in [2.75, 3.05) is 49.1 Å². The lowest BCUT2D eigenvalue weighted by Crippen LogP contribution is -2.49. The van der Waals surface area contributed by atoms with Gasteiger partial charge >= 0.3 is 6.03 Å². The Bertz CT molecular complexity index is 2140. The smallest absolute Gasteiger partial charge is 0.328 e. The molecule has 0 radical (unpaired) electrons. The molecule has 57 heavy (non-hydrogen) atoms. The number of carbonyl (C=O) groups excluding carboxylic acids is 3. The van der Waals surface area contributed by atoms with Gasteiger partial charge in [0.15, 0.2) is 11.5 Å². The molecule has 4 amide bonds. The van der Waals surface area contributed by atoms with Crippen molar-refractivity contribution in [3.8, 4) is 11.8 Å². The SMILES string of the molecule is Cl.N#Cc1ccc(OC2CCC(NC(=O)c3ccc(N4CCC(CN5CCC(n6ccc7c(N8CCC(=O)NC8=O)cc(F)cc76)CC5)CC4)nn3)CC2)cc1Cl. The molecule has 13 nitrogen and oxygen atoms in total. The molecule has 16 heteroatoms. The molecule has 8 rings (SSSR count). The van der Waals surface area contributed by atoms with Crippen LogP contribution in [0.4, 0.5) is 20.7 Å². The minimum atomic E-state index is -0.516. The number of piperidine rings is 2.